The minimum Gasteiger partial charge on any atom is -0.383 e. The fourth-order valence-electron chi connectivity index (χ4n) is 1.42. The van der Waals surface area contributed by atoms with Crippen LogP contribution in [0, 0.1) is 0 Å². The molecule has 0 fully saturated rings. The molecule has 0 aliphatic rings. The number of hydrogen-bond donors (Lipinski definition) is 1. The van der Waals surface area contributed by atoms with Crippen LogP contribution >= 0.6 is 11.3 Å². The van der Waals surface area contributed by atoms with Gasteiger partial charge in [-0.3, -0.25) is 0 Å². The quantitative estimate of drug-likeness (QED) is 0.851. The van der Waals surface area contributed by atoms with Crippen LogP contribution in [0.15, 0.2) is 23.7 Å². The molecule has 1 N–H and O–H groups in total. The van der Waals surface area contributed by atoms with Gasteiger partial charge in [0.25, 0.3) is 0 Å². The minimum absolute atomic E-state index is 0.0141. The smallest absolute Gasteiger partial charge is 0.383 e. The van der Waals surface area contributed by atoms with Crippen molar-refractivity contribution >= 4 is 27.2 Å². The summed E-state index contributed by atoms with van der Waals surface area (Å²) >= 11 is 1.52. The maximum atomic E-state index is 11.8. The highest BCUT2D eigenvalue weighted by Gasteiger charge is 2.27. The van der Waals surface area contributed by atoms with E-state index >= 15 is 0 Å². The van der Waals surface area contributed by atoms with Crippen LogP contribution in [0.5, 0.6) is 0 Å². The van der Waals surface area contributed by atoms with Crippen molar-refractivity contribution in [2.75, 3.05) is 25.1 Å². The van der Waals surface area contributed by atoms with Crippen LogP contribution in [-0.4, -0.2) is 30.9 Å². The lowest BCUT2D eigenvalue weighted by Gasteiger charge is -2.09. The fourth-order valence-corrected chi connectivity index (χ4v) is 2.14. The molecule has 0 spiro atoms. The van der Waals surface area contributed by atoms with Gasteiger partial charge in [0.05, 0.1) is 22.3 Å². The minimum atomic E-state index is -4.26. The van der Waals surface area contributed by atoms with E-state index in [9.17, 15) is 13.2 Å². The van der Waals surface area contributed by atoms with E-state index in [4.69, 9.17) is 0 Å². The van der Waals surface area contributed by atoms with Crippen molar-refractivity contribution in [1.82, 2.24) is 4.98 Å². The number of aromatic nitrogens is 1. The second-order valence-corrected chi connectivity index (χ2v) is 4.52. The van der Waals surface area contributed by atoms with E-state index in [0.29, 0.717) is 6.54 Å². The van der Waals surface area contributed by atoms with E-state index in [0.717, 1.165) is 15.9 Å². The number of anilines is 1. The number of benzene rings is 1. The standard InChI is InChI=1S/C11H11F3N2OS/c12-11(13,14)6-17-4-3-15-8-1-2-9-10(5-8)18-7-16-9/h1-2,5,7,15H,3-4,6H2. The molecule has 0 bridgehead atoms. The maximum Gasteiger partial charge on any atom is 0.411 e. The van der Waals surface area contributed by atoms with Gasteiger partial charge in [0.1, 0.15) is 6.61 Å². The maximum absolute atomic E-state index is 11.8. The predicted molar refractivity (Wildman–Crippen MR) is 65.0 cm³/mol. The molecule has 0 radical (unpaired) electrons. The third kappa shape index (κ3) is 3.85. The summed E-state index contributed by atoms with van der Waals surface area (Å²) in [6.45, 7) is -0.858. The number of nitrogens with zero attached hydrogens (tertiary/aromatic N) is 1. The summed E-state index contributed by atoms with van der Waals surface area (Å²) in [4.78, 5) is 4.14. The summed E-state index contributed by atoms with van der Waals surface area (Å²) < 4.78 is 40.9. The molecule has 0 unspecified atom stereocenters. The summed E-state index contributed by atoms with van der Waals surface area (Å²) in [6, 6.07) is 5.62. The Hall–Kier alpha value is -1.34. The monoisotopic (exact) mass is 276 g/mol. The van der Waals surface area contributed by atoms with Crippen molar-refractivity contribution < 1.29 is 17.9 Å². The van der Waals surface area contributed by atoms with Crippen molar-refractivity contribution in [1.29, 1.82) is 0 Å². The molecule has 98 valence electrons. The summed E-state index contributed by atoms with van der Waals surface area (Å²) in [6.07, 6.45) is -4.26. The molecule has 0 amide bonds. The van der Waals surface area contributed by atoms with Crippen LogP contribution in [0.1, 0.15) is 0 Å². The van der Waals surface area contributed by atoms with E-state index in [1.54, 1.807) is 5.51 Å². The number of hydrogen-bond acceptors (Lipinski definition) is 4. The van der Waals surface area contributed by atoms with Crippen LogP contribution < -0.4 is 5.32 Å². The zero-order valence-electron chi connectivity index (χ0n) is 9.33. The predicted octanol–water partition coefficient (Wildman–Crippen LogP) is 3.29. The van der Waals surface area contributed by atoms with Gasteiger partial charge < -0.3 is 10.1 Å². The van der Waals surface area contributed by atoms with Gasteiger partial charge in [-0.15, -0.1) is 11.3 Å². The Morgan fingerprint density at radius 3 is 2.94 bits per heavy atom. The number of nitrogens with one attached hydrogen (secondary N) is 1. The number of halogens is 3. The van der Waals surface area contributed by atoms with Gasteiger partial charge in [-0.1, -0.05) is 0 Å². The van der Waals surface area contributed by atoms with Gasteiger partial charge in [0.15, 0.2) is 0 Å². The van der Waals surface area contributed by atoms with Crippen molar-refractivity contribution in [3.05, 3.63) is 23.7 Å². The van der Waals surface area contributed by atoms with E-state index < -0.39 is 12.8 Å². The van der Waals surface area contributed by atoms with Crippen LogP contribution in [0.4, 0.5) is 18.9 Å². The second kappa shape index (κ2) is 5.53. The molecular formula is C11H11F3N2OS. The van der Waals surface area contributed by atoms with Crippen LogP contribution in [-0.2, 0) is 4.74 Å². The lowest BCUT2D eigenvalue weighted by atomic mass is 10.3. The zero-order chi connectivity index (χ0) is 13.0. The average molecular weight is 276 g/mol. The molecule has 1 aromatic heterocycles. The molecule has 18 heavy (non-hydrogen) atoms. The van der Waals surface area contributed by atoms with Crippen LogP contribution in [0.3, 0.4) is 0 Å². The Balaban J connectivity index is 1.76. The molecule has 0 saturated carbocycles. The largest absolute Gasteiger partial charge is 0.411 e. The second-order valence-electron chi connectivity index (χ2n) is 3.63. The van der Waals surface area contributed by atoms with Crippen molar-refractivity contribution in [3.63, 3.8) is 0 Å². The highest BCUT2D eigenvalue weighted by atomic mass is 32.1. The summed E-state index contributed by atoms with van der Waals surface area (Å²) in [5.74, 6) is 0. The zero-order valence-corrected chi connectivity index (χ0v) is 10.1. The average Bonchev–Trinajstić information content (AvgIpc) is 2.74. The van der Waals surface area contributed by atoms with Crippen LogP contribution in [0.2, 0.25) is 0 Å². The Morgan fingerprint density at radius 2 is 2.17 bits per heavy atom. The molecule has 0 atom stereocenters. The Morgan fingerprint density at radius 1 is 1.33 bits per heavy atom. The van der Waals surface area contributed by atoms with Gasteiger partial charge in [0, 0.05) is 12.2 Å². The Bertz CT molecular complexity index is 512. The topological polar surface area (TPSA) is 34.1 Å². The number of alkyl halides is 3. The number of fused-ring (bicyclic) bond motifs is 1. The van der Waals surface area contributed by atoms with Crippen molar-refractivity contribution in [3.8, 4) is 0 Å². The molecule has 0 aliphatic heterocycles. The first-order chi connectivity index (χ1) is 8.54. The molecule has 2 aromatic rings. The normalized spacial score (nSPS) is 11.9. The number of ether oxygens (including phenoxy) is 1. The third-order valence-corrected chi connectivity index (χ3v) is 2.96. The van der Waals surface area contributed by atoms with Crippen LogP contribution in [0.25, 0.3) is 10.2 Å². The molecular weight excluding hydrogens is 265 g/mol. The Kier molecular flexibility index (Phi) is 4.03. The number of thiazole rings is 1. The van der Waals surface area contributed by atoms with Gasteiger partial charge in [-0.2, -0.15) is 13.2 Å². The third-order valence-electron chi connectivity index (χ3n) is 2.17. The molecule has 2 rings (SSSR count). The van der Waals surface area contributed by atoms with Crippen molar-refractivity contribution in [2.45, 2.75) is 6.18 Å². The first-order valence-corrected chi connectivity index (χ1v) is 6.14. The first kappa shape index (κ1) is 13.1. The molecule has 3 nitrogen and oxygen atoms in total. The summed E-state index contributed by atoms with van der Waals surface area (Å²) in [7, 11) is 0. The van der Waals surface area contributed by atoms with E-state index in [1.807, 2.05) is 18.2 Å². The molecule has 0 aliphatic carbocycles. The van der Waals surface area contributed by atoms with E-state index in [2.05, 4.69) is 15.0 Å². The fraction of sp³-hybridized carbons (Fsp3) is 0.364. The SMILES string of the molecule is FC(F)(F)COCCNc1ccc2ncsc2c1. The van der Waals surface area contributed by atoms with E-state index in [-0.39, 0.29) is 6.61 Å². The van der Waals surface area contributed by atoms with Gasteiger partial charge in [-0.25, -0.2) is 4.98 Å². The molecule has 1 heterocycles. The number of rotatable bonds is 5. The highest BCUT2D eigenvalue weighted by Crippen LogP contribution is 2.21. The highest BCUT2D eigenvalue weighted by molar-refractivity contribution is 7.16. The lowest BCUT2D eigenvalue weighted by Crippen LogP contribution is -2.20. The Labute approximate surface area is 106 Å². The van der Waals surface area contributed by atoms with E-state index in [1.165, 1.54) is 11.3 Å². The summed E-state index contributed by atoms with van der Waals surface area (Å²) in [5.41, 5.74) is 3.52. The van der Waals surface area contributed by atoms with Gasteiger partial charge in [-0.05, 0) is 18.2 Å². The lowest BCUT2D eigenvalue weighted by molar-refractivity contribution is -0.172. The molecule has 1 aromatic carbocycles. The molecule has 0 saturated heterocycles. The molecule has 7 heteroatoms. The first-order valence-electron chi connectivity index (χ1n) is 5.26. The van der Waals surface area contributed by atoms with Crippen molar-refractivity contribution in [2.24, 2.45) is 0 Å². The van der Waals surface area contributed by atoms with Gasteiger partial charge in [0.2, 0.25) is 0 Å². The van der Waals surface area contributed by atoms with Gasteiger partial charge >= 0.3 is 6.18 Å². The summed E-state index contributed by atoms with van der Waals surface area (Å²) in [5, 5.41) is 3.00.